The molecule has 2 rings (SSSR count). The largest absolute Gasteiger partial charge is 0.433 e. The normalized spacial score (nSPS) is 16.9. The fourth-order valence-electron chi connectivity index (χ4n) is 1.67. The third kappa shape index (κ3) is 2.00. The number of amidine groups is 1. The van der Waals surface area contributed by atoms with Gasteiger partial charge in [0.15, 0.2) is 0 Å². The topological polar surface area (TPSA) is 40.0 Å². The van der Waals surface area contributed by atoms with E-state index in [0.717, 1.165) is 12.5 Å². The number of anilines is 1. The van der Waals surface area contributed by atoms with Crippen LogP contribution in [0.25, 0.3) is 0 Å². The fourth-order valence-corrected chi connectivity index (χ4v) is 1.67. The zero-order valence-corrected chi connectivity index (χ0v) is 8.38. The molecule has 6 heteroatoms. The number of nitrogens with one attached hydrogen (secondary N) is 1. The molecule has 0 radical (unpaired) electrons. The van der Waals surface area contributed by atoms with Gasteiger partial charge in [-0.05, 0) is 18.6 Å². The lowest BCUT2D eigenvalue weighted by Crippen LogP contribution is -2.23. The van der Waals surface area contributed by atoms with E-state index >= 15 is 0 Å². The number of hydrogen-bond donors (Lipinski definition) is 1. The molecule has 0 amide bonds. The summed E-state index contributed by atoms with van der Waals surface area (Å²) in [5.41, 5.74) is -0.350. The summed E-state index contributed by atoms with van der Waals surface area (Å²) in [4.78, 5) is 5.04. The van der Waals surface area contributed by atoms with Gasteiger partial charge in [0.05, 0.1) is 11.9 Å². The van der Waals surface area contributed by atoms with Gasteiger partial charge >= 0.3 is 6.18 Å². The van der Waals surface area contributed by atoms with E-state index < -0.39 is 11.9 Å². The van der Waals surface area contributed by atoms with Crippen molar-refractivity contribution < 1.29 is 13.2 Å². The Balaban J connectivity index is 2.22. The van der Waals surface area contributed by atoms with Crippen molar-refractivity contribution >= 4 is 11.5 Å². The van der Waals surface area contributed by atoms with Crippen molar-refractivity contribution in [2.75, 3.05) is 11.4 Å². The van der Waals surface area contributed by atoms with Gasteiger partial charge in [0, 0.05) is 13.0 Å². The third-order valence-corrected chi connectivity index (χ3v) is 2.47. The second-order valence-electron chi connectivity index (χ2n) is 3.60. The smallest absolute Gasteiger partial charge is 0.329 e. The van der Waals surface area contributed by atoms with E-state index in [4.69, 9.17) is 5.41 Å². The van der Waals surface area contributed by atoms with Crippen LogP contribution in [0.2, 0.25) is 0 Å². The molecule has 0 aliphatic carbocycles. The molecule has 86 valence electrons. The molecular weight excluding hydrogens is 219 g/mol. The van der Waals surface area contributed by atoms with E-state index in [1.807, 2.05) is 0 Å². The van der Waals surface area contributed by atoms with E-state index in [0.29, 0.717) is 24.5 Å². The van der Waals surface area contributed by atoms with Crippen LogP contribution in [0.15, 0.2) is 18.3 Å². The molecule has 1 aromatic rings. The molecule has 1 saturated heterocycles. The molecule has 0 unspecified atom stereocenters. The predicted octanol–water partition coefficient (Wildman–Crippen LogP) is 2.68. The van der Waals surface area contributed by atoms with Gasteiger partial charge < -0.3 is 4.90 Å². The molecular formula is C10H10F3N3. The molecule has 0 saturated carbocycles. The first-order valence-electron chi connectivity index (χ1n) is 4.87. The van der Waals surface area contributed by atoms with Gasteiger partial charge in [-0.25, -0.2) is 4.98 Å². The molecule has 2 heterocycles. The molecule has 0 atom stereocenters. The Morgan fingerprint density at radius 3 is 2.50 bits per heavy atom. The van der Waals surface area contributed by atoms with Crippen molar-refractivity contribution in [1.29, 1.82) is 5.41 Å². The van der Waals surface area contributed by atoms with Crippen molar-refractivity contribution in [3.63, 3.8) is 0 Å². The lowest BCUT2D eigenvalue weighted by atomic mass is 10.3. The summed E-state index contributed by atoms with van der Waals surface area (Å²) >= 11 is 0. The summed E-state index contributed by atoms with van der Waals surface area (Å²) < 4.78 is 36.8. The molecule has 3 nitrogen and oxygen atoms in total. The first-order valence-corrected chi connectivity index (χ1v) is 4.87. The van der Waals surface area contributed by atoms with Crippen LogP contribution in [0, 0.1) is 5.41 Å². The van der Waals surface area contributed by atoms with Gasteiger partial charge in [-0.1, -0.05) is 0 Å². The molecule has 1 fully saturated rings. The highest BCUT2D eigenvalue weighted by Gasteiger charge is 2.32. The van der Waals surface area contributed by atoms with Crippen molar-refractivity contribution in [3.8, 4) is 0 Å². The van der Waals surface area contributed by atoms with Crippen molar-refractivity contribution in [2.45, 2.75) is 19.0 Å². The lowest BCUT2D eigenvalue weighted by molar-refractivity contribution is -0.141. The van der Waals surface area contributed by atoms with Gasteiger partial charge in [-0.2, -0.15) is 13.2 Å². The summed E-state index contributed by atoms with van der Waals surface area (Å²) in [5.74, 6) is 0.432. The van der Waals surface area contributed by atoms with Gasteiger partial charge in [0.25, 0.3) is 0 Å². The Morgan fingerprint density at radius 1 is 1.31 bits per heavy atom. The molecule has 16 heavy (non-hydrogen) atoms. The van der Waals surface area contributed by atoms with E-state index in [2.05, 4.69) is 4.98 Å². The van der Waals surface area contributed by atoms with Gasteiger partial charge in [-0.15, -0.1) is 0 Å². The summed E-state index contributed by atoms with van der Waals surface area (Å²) in [6.45, 7) is 0.672. The van der Waals surface area contributed by atoms with Crippen LogP contribution in [0.4, 0.5) is 18.9 Å². The summed E-state index contributed by atoms with van der Waals surface area (Å²) in [6, 6.07) is 2.30. The summed E-state index contributed by atoms with van der Waals surface area (Å²) in [6.07, 6.45) is -1.71. The SMILES string of the molecule is N=C1CCCN1c1ccc(C(F)(F)F)nc1. The minimum atomic E-state index is -4.41. The number of nitrogens with zero attached hydrogens (tertiary/aromatic N) is 2. The Labute approximate surface area is 90.4 Å². The molecule has 0 bridgehead atoms. The molecule has 0 aromatic carbocycles. The standard InChI is InChI=1S/C10H10F3N3/c11-10(12,13)8-4-3-7(6-15-8)16-5-1-2-9(16)14/h3-4,6,14H,1-2,5H2. The van der Waals surface area contributed by atoms with Gasteiger partial charge in [-0.3, -0.25) is 5.41 Å². The number of aromatic nitrogens is 1. The maximum Gasteiger partial charge on any atom is 0.433 e. The Morgan fingerprint density at radius 2 is 2.06 bits per heavy atom. The second-order valence-corrected chi connectivity index (χ2v) is 3.60. The maximum absolute atomic E-state index is 12.3. The molecule has 0 spiro atoms. The van der Waals surface area contributed by atoms with Crippen LogP contribution in [-0.4, -0.2) is 17.4 Å². The van der Waals surface area contributed by atoms with Crippen molar-refractivity contribution in [2.24, 2.45) is 0 Å². The first kappa shape index (κ1) is 10.9. The second kappa shape index (κ2) is 3.77. The van der Waals surface area contributed by atoms with Crippen LogP contribution in [0.1, 0.15) is 18.5 Å². The monoisotopic (exact) mass is 229 g/mol. The molecule has 1 N–H and O–H groups in total. The minimum absolute atomic E-state index is 0.432. The van der Waals surface area contributed by atoms with Crippen LogP contribution < -0.4 is 4.90 Å². The van der Waals surface area contributed by atoms with E-state index in [9.17, 15) is 13.2 Å². The number of hydrogen-bond acceptors (Lipinski definition) is 2. The van der Waals surface area contributed by atoms with Crippen LogP contribution in [0.5, 0.6) is 0 Å². The molecule has 1 aliphatic rings. The highest BCUT2D eigenvalue weighted by atomic mass is 19.4. The molecule has 1 aromatic heterocycles. The number of pyridine rings is 1. The zero-order chi connectivity index (χ0) is 11.8. The zero-order valence-electron chi connectivity index (χ0n) is 8.38. The first-order chi connectivity index (χ1) is 7.48. The Hall–Kier alpha value is -1.59. The number of halogens is 3. The Kier molecular flexibility index (Phi) is 2.57. The summed E-state index contributed by atoms with van der Waals surface area (Å²) in [5, 5.41) is 7.60. The summed E-state index contributed by atoms with van der Waals surface area (Å²) in [7, 11) is 0. The van der Waals surface area contributed by atoms with E-state index in [-0.39, 0.29) is 0 Å². The van der Waals surface area contributed by atoms with Crippen molar-refractivity contribution in [1.82, 2.24) is 4.98 Å². The fraction of sp³-hybridized carbons (Fsp3) is 0.400. The van der Waals surface area contributed by atoms with Gasteiger partial charge in [0.1, 0.15) is 11.5 Å². The van der Waals surface area contributed by atoms with Crippen molar-refractivity contribution in [3.05, 3.63) is 24.0 Å². The number of rotatable bonds is 1. The number of alkyl halides is 3. The quantitative estimate of drug-likeness (QED) is 0.804. The third-order valence-electron chi connectivity index (χ3n) is 2.47. The average Bonchev–Trinajstić information content (AvgIpc) is 2.63. The highest BCUT2D eigenvalue weighted by molar-refractivity contribution is 5.97. The maximum atomic E-state index is 12.3. The highest BCUT2D eigenvalue weighted by Crippen LogP contribution is 2.29. The Bertz CT molecular complexity index is 397. The van der Waals surface area contributed by atoms with Crippen LogP contribution >= 0.6 is 0 Å². The lowest BCUT2D eigenvalue weighted by Gasteiger charge is -2.17. The van der Waals surface area contributed by atoms with Crippen LogP contribution in [-0.2, 0) is 6.18 Å². The van der Waals surface area contributed by atoms with Gasteiger partial charge in [0.2, 0.25) is 0 Å². The predicted molar refractivity (Wildman–Crippen MR) is 53.5 cm³/mol. The van der Waals surface area contributed by atoms with Crippen LogP contribution in [0.3, 0.4) is 0 Å². The van der Waals surface area contributed by atoms with E-state index in [1.54, 1.807) is 4.90 Å². The minimum Gasteiger partial charge on any atom is -0.329 e. The molecule has 1 aliphatic heterocycles. The average molecular weight is 229 g/mol. The van der Waals surface area contributed by atoms with E-state index in [1.165, 1.54) is 12.3 Å².